The number of carboxylic acids is 1. The first-order chi connectivity index (χ1) is 9.13. The molecule has 1 aliphatic heterocycles. The second-order valence-electron chi connectivity index (χ2n) is 4.49. The molecule has 1 aromatic heterocycles. The van der Waals surface area contributed by atoms with Crippen LogP contribution in [-0.4, -0.2) is 51.5 Å². The molecule has 0 spiro atoms. The molecule has 0 bridgehead atoms. The molecule has 19 heavy (non-hydrogen) atoms. The zero-order chi connectivity index (χ0) is 13.8. The van der Waals surface area contributed by atoms with E-state index in [1.807, 2.05) is 11.2 Å². The molecule has 0 aromatic carbocycles. The number of hydrogen-bond donors (Lipinski definition) is 1. The average molecular weight is 280 g/mol. The first-order valence-corrected chi connectivity index (χ1v) is 7.52. The molecular weight excluding hydrogens is 264 g/mol. The van der Waals surface area contributed by atoms with Gasteiger partial charge in [-0.15, -0.1) is 0 Å². The molecule has 0 aliphatic carbocycles. The van der Waals surface area contributed by atoms with Crippen LogP contribution >= 0.6 is 11.8 Å². The van der Waals surface area contributed by atoms with E-state index in [0.29, 0.717) is 5.56 Å². The summed E-state index contributed by atoms with van der Waals surface area (Å²) in [5.41, 5.74) is 0.414. The van der Waals surface area contributed by atoms with Crippen LogP contribution in [0.4, 0.5) is 0 Å². The third kappa shape index (κ3) is 3.07. The topological polar surface area (TPSA) is 70.5 Å². The van der Waals surface area contributed by atoms with E-state index in [0.717, 1.165) is 25.1 Å². The van der Waals surface area contributed by atoms with Crippen LogP contribution in [0.5, 0.6) is 0 Å². The van der Waals surface area contributed by atoms with Crippen LogP contribution in [0.1, 0.15) is 33.7 Å². The minimum Gasteiger partial charge on any atom is -0.477 e. The lowest BCUT2D eigenvalue weighted by Gasteiger charge is -2.24. The van der Waals surface area contributed by atoms with Crippen molar-refractivity contribution in [3.8, 4) is 0 Å². The number of carbonyl (C=O) groups is 2. The summed E-state index contributed by atoms with van der Waals surface area (Å²) in [4.78, 5) is 28.7. The molecule has 1 amide bonds. The number of amides is 1. The summed E-state index contributed by atoms with van der Waals surface area (Å²) in [6.07, 6.45) is 5.44. The van der Waals surface area contributed by atoms with Crippen LogP contribution in [0.2, 0.25) is 0 Å². The fourth-order valence-corrected chi connectivity index (χ4v) is 3.01. The molecule has 0 saturated carbocycles. The number of nitrogens with zero attached hydrogens (tertiary/aromatic N) is 2. The van der Waals surface area contributed by atoms with Crippen molar-refractivity contribution in [2.75, 3.05) is 18.6 Å². The Morgan fingerprint density at radius 1 is 1.53 bits per heavy atom. The third-order valence-electron chi connectivity index (χ3n) is 3.23. The molecule has 2 heterocycles. The lowest BCUT2D eigenvalue weighted by Crippen LogP contribution is -2.37. The number of hydrogen-bond acceptors (Lipinski definition) is 4. The van der Waals surface area contributed by atoms with Crippen LogP contribution < -0.4 is 0 Å². The molecule has 1 aromatic rings. The van der Waals surface area contributed by atoms with E-state index in [-0.39, 0.29) is 17.6 Å². The smallest absolute Gasteiger partial charge is 0.354 e. The summed E-state index contributed by atoms with van der Waals surface area (Å²) >= 11 is 1.73. The van der Waals surface area contributed by atoms with Gasteiger partial charge >= 0.3 is 5.97 Å². The molecule has 5 nitrogen and oxygen atoms in total. The number of thioether (sulfide) groups is 1. The van der Waals surface area contributed by atoms with Gasteiger partial charge in [0.05, 0.1) is 5.56 Å². The summed E-state index contributed by atoms with van der Waals surface area (Å²) in [6, 6.07) is 3.18. The minimum atomic E-state index is -1.08. The van der Waals surface area contributed by atoms with E-state index in [2.05, 4.69) is 4.98 Å². The number of carbonyl (C=O) groups excluding carboxylic acids is 1. The van der Waals surface area contributed by atoms with Crippen molar-refractivity contribution in [1.82, 2.24) is 9.88 Å². The van der Waals surface area contributed by atoms with Crippen molar-refractivity contribution in [3.63, 3.8) is 0 Å². The average Bonchev–Trinajstić information content (AvgIpc) is 2.87. The van der Waals surface area contributed by atoms with Gasteiger partial charge in [0.15, 0.2) is 0 Å². The van der Waals surface area contributed by atoms with E-state index >= 15 is 0 Å². The number of likely N-dealkylation sites (tertiary alicyclic amines) is 1. The Balaban J connectivity index is 2.12. The second kappa shape index (κ2) is 6.06. The van der Waals surface area contributed by atoms with Gasteiger partial charge in [-0.05, 0) is 31.2 Å². The van der Waals surface area contributed by atoms with Crippen molar-refractivity contribution in [1.29, 1.82) is 0 Å². The Kier molecular flexibility index (Phi) is 4.42. The summed E-state index contributed by atoms with van der Waals surface area (Å²) in [5.74, 6) is -0.201. The maximum Gasteiger partial charge on any atom is 0.354 e. The number of rotatable bonds is 4. The second-order valence-corrected chi connectivity index (χ2v) is 5.40. The highest BCUT2D eigenvalue weighted by atomic mass is 32.2. The van der Waals surface area contributed by atoms with Crippen LogP contribution in [-0.2, 0) is 0 Å². The van der Waals surface area contributed by atoms with Gasteiger partial charge in [0.25, 0.3) is 5.91 Å². The van der Waals surface area contributed by atoms with E-state index in [9.17, 15) is 9.59 Å². The van der Waals surface area contributed by atoms with Gasteiger partial charge < -0.3 is 10.0 Å². The number of aromatic carboxylic acids is 1. The number of carboxylic acid groups (broad SMARTS) is 1. The Labute approximate surface area is 116 Å². The molecule has 2 rings (SSSR count). The van der Waals surface area contributed by atoms with Crippen molar-refractivity contribution < 1.29 is 14.7 Å². The Morgan fingerprint density at radius 2 is 2.32 bits per heavy atom. The number of pyridine rings is 1. The Hall–Kier alpha value is -1.56. The SMILES string of the molecule is CSCC1CCCN1C(=O)c1ccc(C(=O)O)nc1. The fraction of sp³-hybridized carbons (Fsp3) is 0.462. The van der Waals surface area contributed by atoms with Gasteiger partial charge in [-0.1, -0.05) is 0 Å². The minimum absolute atomic E-state index is 0.0429. The van der Waals surface area contributed by atoms with Crippen LogP contribution in [0.15, 0.2) is 18.3 Å². The summed E-state index contributed by atoms with van der Waals surface area (Å²) in [5, 5.41) is 8.78. The van der Waals surface area contributed by atoms with E-state index in [4.69, 9.17) is 5.11 Å². The molecule has 6 heteroatoms. The maximum absolute atomic E-state index is 12.3. The number of aromatic nitrogens is 1. The molecular formula is C13H16N2O3S. The van der Waals surface area contributed by atoms with Gasteiger partial charge in [-0.2, -0.15) is 11.8 Å². The lowest BCUT2D eigenvalue weighted by molar-refractivity contribution is 0.0686. The van der Waals surface area contributed by atoms with E-state index < -0.39 is 5.97 Å². The molecule has 0 radical (unpaired) electrons. The molecule has 1 saturated heterocycles. The fourth-order valence-electron chi connectivity index (χ4n) is 2.28. The van der Waals surface area contributed by atoms with Crippen molar-refractivity contribution in [3.05, 3.63) is 29.6 Å². The standard InChI is InChI=1S/C13H16N2O3S/c1-19-8-10-3-2-6-15(10)12(16)9-4-5-11(13(17)18)14-7-9/h4-5,7,10H,2-3,6,8H2,1H3,(H,17,18). The van der Waals surface area contributed by atoms with Gasteiger partial charge in [0, 0.05) is 24.5 Å². The highest BCUT2D eigenvalue weighted by Gasteiger charge is 2.29. The Morgan fingerprint density at radius 3 is 2.89 bits per heavy atom. The normalized spacial score (nSPS) is 18.6. The van der Waals surface area contributed by atoms with Crippen molar-refractivity contribution in [2.24, 2.45) is 0 Å². The molecule has 102 valence electrons. The quantitative estimate of drug-likeness (QED) is 0.909. The van der Waals surface area contributed by atoms with Crippen LogP contribution in [0.3, 0.4) is 0 Å². The zero-order valence-corrected chi connectivity index (χ0v) is 11.5. The van der Waals surface area contributed by atoms with Gasteiger partial charge in [-0.25, -0.2) is 9.78 Å². The highest BCUT2D eigenvalue weighted by molar-refractivity contribution is 7.98. The van der Waals surface area contributed by atoms with Crippen molar-refractivity contribution in [2.45, 2.75) is 18.9 Å². The highest BCUT2D eigenvalue weighted by Crippen LogP contribution is 2.22. The van der Waals surface area contributed by atoms with Gasteiger partial charge in [0.1, 0.15) is 5.69 Å². The van der Waals surface area contributed by atoms with Crippen LogP contribution in [0.25, 0.3) is 0 Å². The first kappa shape index (κ1) is 13.9. The van der Waals surface area contributed by atoms with E-state index in [1.165, 1.54) is 18.3 Å². The molecule has 1 unspecified atom stereocenters. The third-order valence-corrected chi connectivity index (χ3v) is 3.94. The predicted octanol–water partition coefficient (Wildman–Crippen LogP) is 1.75. The summed E-state index contributed by atoms with van der Waals surface area (Å²) in [7, 11) is 0. The molecule has 1 aliphatic rings. The lowest BCUT2D eigenvalue weighted by atomic mass is 10.2. The summed E-state index contributed by atoms with van der Waals surface area (Å²) in [6.45, 7) is 0.769. The summed E-state index contributed by atoms with van der Waals surface area (Å²) < 4.78 is 0. The largest absolute Gasteiger partial charge is 0.477 e. The Bertz CT molecular complexity index is 475. The molecule has 1 N–H and O–H groups in total. The predicted molar refractivity (Wildman–Crippen MR) is 73.6 cm³/mol. The molecule has 1 fully saturated rings. The monoisotopic (exact) mass is 280 g/mol. The van der Waals surface area contributed by atoms with Gasteiger partial charge in [0.2, 0.25) is 0 Å². The van der Waals surface area contributed by atoms with E-state index in [1.54, 1.807) is 11.8 Å². The van der Waals surface area contributed by atoms with Crippen LogP contribution in [0, 0.1) is 0 Å². The maximum atomic E-state index is 12.3. The molecule has 1 atom stereocenters. The zero-order valence-electron chi connectivity index (χ0n) is 10.7. The first-order valence-electron chi connectivity index (χ1n) is 6.12. The van der Waals surface area contributed by atoms with Gasteiger partial charge in [-0.3, -0.25) is 4.79 Å². The van der Waals surface area contributed by atoms with Crippen molar-refractivity contribution >= 4 is 23.6 Å².